The first-order chi connectivity index (χ1) is 7.95. The molecule has 2 unspecified atom stereocenters. The quantitative estimate of drug-likeness (QED) is 0.852. The molecule has 0 bridgehead atoms. The van der Waals surface area contributed by atoms with Gasteiger partial charge in [0.05, 0.1) is 0 Å². The average Bonchev–Trinajstić information content (AvgIpc) is 2.26. The number of halogens is 2. The minimum Gasteiger partial charge on any atom is -0.368 e. The number of primary amides is 1. The summed E-state index contributed by atoms with van der Waals surface area (Å²) in [5.74, 6) is -1.14. The van der Waals surface area contributed by atoms with Crippen LogP contribution in [0.15, 0.2) is 18.2 Å². The summed E-state index contributed by atoms with van der Waals surface area (Å²) >= 11 is 5.66. The van der Waals surface area contributed by atoms with Gasteiger partial charge in [0.15, 0.2) is 0 Å². The van der Waals surface area contributed by atoms with Gasteiger partial charge in [0, 0.05) is 16.6 Å². The zero-order valence-electron chi connectivity index (χ0n) is 9.84. The molecule has 3 nitrogen and oxygen atoms in total. The lowest BCUT2D eigenvalue weighted by Gasteiger charge is -2.20. The Morgan fingerprint density at radius 1 is 1.59 bits per heavy atom. The molecular weight excluding hydrogens is 243 g/mol. The number of rotatable bonds is 5. The lowest BCUT2D eigenvalue weighted by atomic mass is 10.0. The van der Waals surface area contributed by atoms with E-state index in [-0.39, 0.29) is 16.6 Å². The van der Waals surface area contributed by atoms with Gasteiger partial charge < -0.3 is 5.73 Å². The van der Waals surface area contributed by atoms with E-state index < -0.39 is 17.8 Å². The number of carbonyl (C=O) groups is 1. The maximum atomic E-state index is 13.7. The summed E-state index contributed by atoms with van der Waals surface area (Å²) in [5, 5.41) is 3.27. The standard InChI is InChI=1S/C12H16ClFN2O/c1-3-7(2)16-11(12(15)17)9-5-4-8(13)6-10(9)14/h4-7,11,16H,3H2,1-2H3,(H2,15,17). The molecule has 1 aromatic carbocycles. The van der Waals surface area contributed by atoms with E-state index >= 15 is 0 Å². The monoisotopic (exact) mass is 258 g/mol. The van der Waals surface area contributed by atoms with Gasteiger partial charge in [-0.3, -0.25) is 10.1 Å². The molecular formula is C12H16ClFN2O. The van der Waals surface area contributed by atoms with Gasteiger partial charge in [-0.15, -0.1) is 0 Å². The van der Waals surface area contributed by atoms with Crippen molar-refractivity contribution in [3.63, 3.8) is 0 Å². The van der Waals surface area contributed by atoms with Crippen molar-refractivity contribution in [3.8, 4) is 0 Å². The van der Waals surface area contributed by atoms with E-state index in [1.807, 2.05) is 13.8 Å². The third-order valence-corrected chi connectivity index (χ3v) is 2.86. The van der Waals surface area contributed by atoms with E-state index in [1.165, 1.54) is 18.2 Å². The second-order valence-electron chi connectivity index (χ2n) is 3.98. The van der Waals surface area contributed by atoms with Gasteiger partial charge >= 0.3 is 0 Å². The van der Waals surface area contributed by atoms with E-state index in [0.29, 0.717) is 0 Å². The molecule has 0 aromatic heterocycles. The maximum absolute atomic E-state index is 13.7. The Morgan fingerprint density at radius 2 is 2.24 bits per heavy atom. The molecule has 3 N–H and O–H groups in total. The molecule has 0 fully saturated rings. The molecule has 0 aliphatic rings. The second kappa shape index (κ2) is 5.98. The topological polar surface area (TPSA) is 55.1 Å². The smallest absolute Gasteiger partial charge is 0.239 e. The van der Waals surface area contributed by atoms with Crippen molar-refractivity contribution in [1.82, 2.24) is 5.32 Å². The van der Waals surface area contributed by atoms with Crippen LogP contribution in [0.1, 0.15) is 31.9 Å². The minimum absolute atomic E-state index is 0.0718. The first-order valence-electron chi connectivity index (χ1n) is 5.46. The minimum atomic E-state index is -0.831. The van der Waals surface area contributed by atoms with Gasteiger partial charge in [0.1, 0.15) is 11.9 Å². The van der Waals surface area contributed by atoms with Crippen LogP contribution in [0, 0.1) is 5.82 Å². The molecule has 0 spiro atoms. The SMILES string of the molecule is CCC(C)NC(C(N)=O)c1ccc(Cl)cc1F. The summed E-state index contributed by atoms with van der Waals surface area (Å²) in [6.45, 7) is 3.87. The number of carbonyl (C=O) groups excluding carboxylic acids is 1. The fourth-order valence-electron chi connectivity index (χ4n) is 1.46. The van der Waals surface area contributed by atoms with Crippen molar-refractivity contribution in [1.29, 1.82) is 0 Å². The summed E-state index contributed by atoms with van der Waals surface area (Å²) in [4.78, 5) is 11.3. The molecule has 1 amide bonds. The Hall–Kier alpha value is -1.13. The van der Waals surface area contributed by atoms with Crippen LogP contribution in [0.2, 0.25) is 5.02 Å². The van der Waals surface area contributed by atoms with Crippen LogP contribution >= 0.6 is 11.6 Å². The normalized spacial score (nSPS) is 14.4. The van der Waals surface area contributed by atoms with E-state index in [2.05, 4.69) is 5.32 Å². The van der Waals surface area contributed by atoms with Crippen LogP contribution in [0.4, 0.5) is 4.39 Å². The second-order valence-corrected chi connectivity index (χ2v) is 4.41. The van der Waals surface area contributed by atoms with E-state index in [1.54, 1.807) is 0 Å². The van der Waals surface area contributed by atoms with Crippen LogP contribution in [0.25, 0.3) is 0 Å². The predicted octanol–water partition coefficient (Wildman–Crippen LogP) is 2.39. The highest BCUT2D eigenvalue weighted by Gasteiger charge is 2.22. The lowest BCUT2D eigenvalue weighted by molar-refractivity contribution is -0.120. The van der Waals surface area contributed by atoms with Crippen LogP contribution in [0.5, 0.6) is 0 Å². The van der Waals surface area contributed by atoms with E-state index in [4.69, 9.17) is 17.3 Å². The highest BCUT2D eigenvalue weighted by molar-refractivity contribution is 6.30. The summed E-state index contributed by atoms with van der Waals surface area (Å²) < 4.78 is 13.7. The van der Waals surface area contributed by atoms with Crippen molar-refractivity contribution in [2.45, 2.75) is 32.4 Å². The molecule has 0 aliphatic heterocycles. The Balaban J connectivity index is 3.01. The van der Waals surface area contributed by atoms with Gasteiger partial charge in [-0.25, -0.2) is 4.39 Å². The third kappa shape index (κ3) is 3.68. The fourth-order valence-corrected chi connectivity index (χ4v) is 1.62. The number of hydrogen-bond donors (Lipinski definition) is 2. The number of hydrogen-bond acceptors (Lipinski definition) is 2. The number of benzene rings is 1. The summed E-state index contributed by atoms with van der Waals surface area (Å²) in [7, 11) is 0. The number of nitrogens with two attached hydrogens (primary N) is 1. The molecule has 0 aliphatic carbocycles. The van der Waals surface area contributed by atoms with E-state index in [0.717, 1.165) is 6.42 Å². The average molecular weight is 259 g/mol. The molecule has 1 rings (SSSR count). The predicted molar refractivity (Wildman–Crippen MR) is 66.2 cm³/mol. The number of amides is 1. The van der Waals surface area contributed by atoms with Crippen LogP contribution in [0.3, 0.4) is 0 Å². The zero-order chi connectivity index (χ0) is 13.0. The third-order valence-electron chi connectivity index (χ3n) is 2.62. The van der Waals surface area contributed by atoms with E-state index in [9.17, 15) is 9.18 Å². The van der Waals surface area contributed by atoms with Crippen molar-refractivity contribution in [3.05, 3.63) is 34.6 Å². The Morgan fingerprint density at radius 3 is 2.71 bits per heavy atom. The molecule has 0 radical (unpaired) electrons. The van der Waals surface area contributed by atoms with Crippen LogP contribution in [-0.4, -0.2) is 11.9 Å². The molecule has 17 heavy (non-hydrogen) atoms. The highest BCUT2D eigenvalue weighted by Crippen LogP contribution is 2.21. The number of nitrogens with one attached hydrogen (secondary N) is 1. The first-order valence-corrected chi connectivity index (χ1v) is 5.83. The van der Waals surface area contributed by atoms with Crippen molar-refractivity contribution in [2.24, 2.45) is 5.73 Å². The first kappa shape index (κ1) is 13.9. The van der Waals surface area contributed by atoms with Gasteiger partial charge in [0.25, 0.3) is 0 Å². The Labute approximate surface area is 105 Å². The molecule has 2 atom stereocenters. The summed E-state index contributed by atoms with van der Waals surface area (Å²) in [6.07, 6.45) is 0.818. The molecule has 0 heterocycles. The maximum Gasteiger partial charge on any atom is 0.239 e. The van der Waals surface area contributed by atoms with Crippen molar-refractivity contribution >= 4 is 17.5 Å². The molecule has 0 saturated carbocycles. The van der Waals surface area contributed by atoms with Crippen LogP contribution < -0.4 is 11.1 Å². The van der Waals surface area contributed by atoms with Gasteiger partial charge in [-0.2, -0.15) is 0 Å². The molecule has 94 valence electrons. The molecule has 0 saturated heterocycles. The van der Waals surface area contributed by atoms with Gasteiger partial charge in [-0.05, 0) is 25.5 Å². The molecule has 5 heteroatoms. The van der Waals surface area contributed by atoms with Crippen molar-refractivity contribution in [2.75, 3.05) is 0 Å². The van der Waals surface area contributed by atoms with Crippen LogP contribution in [-0.2, 0) is 4.79 Å². The molecule has 1 aromatic rings. The zero-order valence-corrected chi connectivity index (χ0v) is 10.6. The Kier molecular flexibility index (Phi) is 4.90. The Bertz CT molecular complexity index is 411. The lowest BCUT2D eigenvalue weighted by Crippen LogP contribution is -2.38. The highest BCUT2D eigenvalue weighted by atomic mass is 35.5. The van der Waals surface area contributed by atoms with Gasteiger partial charge in [-0.1, -0.05) is 24.6 Å². The summed E-state index contributed by atoms with van der Waals surface area (Å²) in [6, 6.07) is 3.42. The van der Waals surface area contributed by atoms with Gasteiger partial charge in [0.2, 0.25) is 5.91 Å². The summed E-state index contributed by atoms with van der Waals surface area (Å²) in [5.41, 5.74) is 5.50. The fraction of sp³-hybridized carbons (Fsp3) is 0.417. The largest absolute Gasteiger partial charge is 0.368 e. The van der Waals surface area contributed by atoms with Crippen molar-refractivity contribution < 1.29 is 9.18 Å².